The Balaban J connectivity index is 2.86. The number of carbonyl (C=O) groups excluding carboxylic acids is 1. The molecule has 0 aromatic carbocycles. The first-order valence-electron chi connectivity index (χ1n) is 4.41. The number of hydrogen-bond acceptors (Lipinski definition) is 1. The predicted octanol–water partition coefficient (Wildman–Crippen LogP) is 2.88. The first-order valence-corrected chi connectivity index (χ1v) is 4.41. The van der Waals surface area contributed by atoms with Crippen LogP contribution in [-0.4, -0.2) is 5.78 Å². The molecular formula is C11H16O. The van der Waals surface area contributed by atoms with Gasteiger partial charge in [0, 0.05) is 6.42 Å². The lowest BCUT2D eigenvalue weighted by molar-refractivity contribution is -0.115. The van der Waals surface area contributed by atoms with Crippen LogP contribution in [0.2, 0.25) is 0 Å². The molecule has 0 fully saturated rings. The molecule has 0 saturated heterocycles. The third-order valence-electron chi connectivity index (χ3n) is 2.85. The number of rotatable bonds is 2. The van der Waals surface area contributed by atoms with E-state index in [2.05, 4.69) is 13.5 Å². The second-order valence-corrected chi connectivity index (χ2v) is 3.85. The van der Waals surface area contributed by atoms with Gasteiger partial charge in [-0.15, -0.1) is 6.58 Å². The monoisotopic (exact) mass is 164 g/mol. The van der Waals surface area contributed by atoms with E-state index >= 15 is 0 Å². The van der Waals surface area contributed by atoms with Crippen molar-refractivity contribution in [2.24, 2.45) is 5.41 Å². The molecule has 0 aromatic rings. The summed E-state index contributed by atoms with van der Waals surface area (Å²) in [5.41, 5.74) is 1.40. The summed E-state index contributed by atoms with van der Waals surface area (Å²) in [6, 6.07) is 0. The van der Waals surface area contributed by atoms with E-state index in [0.29, 0.717) is 6.42 Å². The summed E-state index contributed by atoms with van der Waals surface area (Å²) in [4.78, 5) is 11.1. The van der Waals surface area contributed by atoms with Gasteiger partial charge in [0.1, 0.15) is 0 Å². The molecule has 1 atom stereocenters. The zero-order chi connectivity index (χ0) is 9.19. The summed E-state index contributed by atoms with van der Waals surface area (Å²) >= 11 is 0. The summed E-state index contributed by atoms with van der Waals surface area (Å²) < 4.78 is 0. The summed E-state index contributed by atoms with van der Waals surface area (Å²) in [5.74, 6) is 0.272. The Kier molecular flexibility index (Phi) is 2.51. The average molecular weight is 164 g/mol. The van der Waals surface area contributed by atoms with E-state index < -0.39 is 0 Å². The van der Waals surface area contributed by atoms with Crippen molar-refractivity contribution in [3.05, 3.63) is 24.3 Å². The minimum absolute atomic E-state index is 0.190. The molecule has 0 aliphatic heterocycles. The topological polar surface area (TPSA) is 17.1 Å². The van der Waals surface area contributed by atoms with Gasteiger partial charge in [0.2, 0.25) is 0 Å². The number of hydrogen-bond donors (Lipinski definition) is 0. The van der Waals surface area contributed by atoms with Crippen molar-refractivity contribution in [1.29, 1.82) is 0 Å². The normalized spacial score (nSPS) is 29.8. The van der Waals surface area contributed by atoms with Gasteiger partial charge in [-0.05, 0) is 31.3 Å². The van der Waals surface area contributed by atoms with Crippen LogP contribution in [0.3, 0.4) is 0 Å². The van der Waals surface area contributed by atoms with Crippen molar-refractivity contribution in [1.82, 2.24) is 0 Å². The lowest BCUT2D eigenvalue weighted by Gasteiger charge is -2.32. The van der Waals surface area contributed by atoms with Gasteiger partial charge in [0.25, 0.3) is 0 Å². The molecule has 1 aliphatic rings. The van der Waals surface area contributed by atoms with Crippen molar-refractivity contribution in [2.75, 3.05) is 0 Å². The zero-order valence-electron chi connectivity index (χ0n) is 7.89. The molecule has 1 heteroatoms. The highest BCUT2D eigenvalue weighted by Crippen LogP contribution is 2.38. The zero-order valence-corrected chi connectivity index (χ0v) is 7.89. The molecule has 1 aliphatic carbocycles. The van der Waals surface area contributed by atoms with E-state index in [-0.39, 0.29) is 11.2 Å². The van der Waals surface area contributed by atoms with E-state index in [4.69, 9.17) is 0 Å². The molecule has 0 amide bonds. The molecule has 66 valence electrons. The van der Waals surface area contributed by atoms with E-state index in [1.54, 1.807) is 6.08 Å². The molecule has 0 spiro atoms. The van der Waals surface area contributed by atoms with Crippen LogP contribution in [-0.2, 0) is 4.79 Å². The molecule has 0 heterocycles. The molecule has 1 unspecified atom stereocenters. The molecule has 0 N–H and O–H groups in total. The van der Waals surface area contributed by atoms with Crippen LogP contribution >= 0.6 is 0 Å². The maximum absolute atomic E-state index is 11.1. The van der Waals surface area contributed by atoms with Crippen molar-refractivity contribution in [3.63, 3.8) is 0 Å². The first-order chi connectivity index (χ1) is 5.58. The van der Waals surface area contributed by atoms with Crippen molar-refractivity contribution >= 4 is 5.78 Å². The van der Waals surface area contributed by atoms with Crippen LogP contribution in [0.15, 0.2) is 24.3 Å². The lowest BCUT2D eigenvalue weighted by Crippen LogP contribution is -2.23. The summed E-state index contributed by atoms with van der Waals surface area (Å²) in [6.45, 7) is 7.98. The maximum Gasteiger partial charge on any atom is 0.155 e. The predicted molar refractivity (Wildman–Crippen MR) is 50.9 cm³/mol. The molecular weight excluding hydrogens is 148 g/mol. The quantitative estimate of drug-likeness (QED) is 0.573. The van der Waals surface area contributed by atoms with Gasteiger partial charge in [-0.1, -0.05) is 18.6 Å². The van der Waals surface area contributed by atoms with Crippen LogP contribution in [0, 0.1) is 5.41 Å². The van der Waals surface area contributed by atoms with Gasteiger partial charge in [0.15, 0.2) is 5.78 Å². The maximum atomic E-state index is 11.1. The smallest absolute Gasteiger partial charge is 0.155 e. The highest BCUT2D eigenvalue weighted by atomic mass is 16.1. The molecule has 0 aromatic heterocycles. The molecule has 0 saturated carbocycles. The highest BCUT2D eigenvalue weighted by Gasteiger charge is 2.29. The van der Waals surface area contributed by atoms with Gasteiger partial charge in [-0.25, -0.2) is 0 Å². The fourth-order valence-corrected chi connectivity index (χ4v) is 1.67. The van der Waals surface area contributed by atoms with Crippen LogP contribution in [0.1, 0.15) is 33.1 Å². The van der Waals surface area contributed by atoms with Crippen LogP contribution in [0.4, 0.5) is 0 Å². The Morgan fingerprint density at radius 3 is 2.92 bits per heavy atom. The van der Waals surface area contributed by atoms with E-state index in [1.165, 1.54) is 5.57 Å². The van der Waals surface area contributed by atoms with E-state index in [9.17, 15) is 4.79 Å². The standard InChI is InChI=1S/C11H16O/c1-4-6-11(3)7-5-10(12)8-9(11)2/h4,8H,1,5-7H2,2-3H3. The van der Waals surface area contributed by atoms with Gasteiger partial charge < -0.3 is 0 Å². The Labute approximate surface area is 74.2 Å². The van der Waals surface area contributed by atoms with Crippen molar-refractivity contribution < 1.29 is 4.79 Å². The fraction of sp³-hybridized carbons (Fsp3) is 0.545. The second kappa shape index (κ2) is 3.26. The van der Waals surface area contributed by atoms with Gasteiger partial charge in [-0.3, -0.25) is 4.79 Å². The van der Waals surface area contributed by atoms with Crippen molar-refractivity contribution in [3.8, 4) is 0 Å². The third-order valence-corrected chi connectivity index (χ3v) is 2.85. The first kappa shape index (κ1) is 9.24. The van der Waals surface area contributed by atoms with Crippen LogP contribution < -0.4 is 0 Å². The Hall–Kier alpha value is -0.850. The number of ketones is 1. The summed E-state index contributed by atoms with van der Waals surface area (Å²) in [5, 5.41) is 0. The number of allylic oxidation sites excluding steroid dienone is 3. The second-order valence-electron chi connectivity index (χ2n) is 3.85. The Morgan fingerprint density at radius 2 is 2.42 bits per heavy atom. The Morgan fingerprint density at radius 1 is 1.75 bits per heavy atom. The SMILES string of the molecule is C=CCC1(C)CCC(=O)C=C1C. The molecule has 1 nitrogen and oxygen atoms in total. The Bertz CT molecular complexity index is 237. The largest absolute Gasteiger partial charge is 0.295 e. The molecule has 12 heavy (non-hydrogen) atoms. The van der Waals surface area contributed by atoms with Crippen LogP contribution in [0.5, 0.6) is 0 Å². The van der Waals surface area contributed by atoms with Crippen molar-refractivity contribution in [2.45, 2.75) is 33.1 Å². The third kappa shape index (κ3) is 1.66. The van der Waals surface area contributed by atoms with Gasteiger partial charge in [-0.2, -0.15) is 0 Å². The minimum atomic E-state index is 0.190. The number of carbonyl (C=O) groups is 1. The average Bonchev–Trinajstić information content (AvgIpc) is 1.99. The summed E-state index contributed by atoms with van der Waals surface area (Å²) in [6.07, 6.45) is 6.37. The van der Waals surface area contributed by atoms with E-state index in [0.717, 1.165) is 12.8 Å². The minimum Gasteiger partial charge on any atom is -0.295 e. The van der Waals surface area contributed by atoms with Gasteiger partial charge in [0.05, 0.1) is 0 Å². The molecule has 1 rings (SSSR count). The molecule has 0 radical (unpaired) electrons. The van der Waals surface area contributed by atoms with Crippen LogP contribution in [0.25, 0.3) is 0 Å². The molecule has 0 bridgehead atoms. The lowest BCUT2D eigenvalue weighted by atomic mass is 9.72. The summed E-state index contributed by atoms with van der Waals surface area (Å²) in [7, 11) is 0. The highest BCUT2D eigenvalue weighted by molar-refractivity contribution is 5.91. The van der Waals surface area contributed by atoms with E-state index in [1.807, 2.05) is 13.0 Å². The van der Waals surface area contributed by atoms with Gasteiger partial charge >= 0.3 is 0 Å². The fourth-order valence-electron chi connectivity index (χ4n) is 1.67.